The molecule has 2 heterocycles. The van der Waals surface area contributed by atoms with Gasteiger partial charge in [0.1, 0.15) is 5.75 Å². The Morgan fingerprint density at radius 1 is 1.21 bits per heavy atom. The van der Waals surface area contributed by atoms with Crippen LogP contribution in [0.15, 0.2) is 36.4 Å². The van der Waals surface area contributed by atoms with Crippen LogP contribution in [0.4, 0.5) is 0 Å². The lowest BCUT2D eigenvalue weighted by Gasteiger charge is -2.46. The Labute approximate surface area is 247 Å². The summed E-state index contributed by atoms with van der Waals surface area (Å²) in [6.07, 6.45) is 7.44. The Hall–Kier alpha value is -3.45. The molecule has 7 rings (SSSR count). The van der Waals surface area contributed by atoms with Crippen LogP contribution in [0.5, 0.6) is 5.75 Å². The molecule has 1 amide bonds. The lowest BCUT2D eigenvalue weighted by Crippen LogP contribution is -2.63. The number of ether oxygens (including phenoxy) is 1. The molecule has 4 atom stereocenters. The van der Waals surface area contributed by atoms with E-state index in [0.717, 1.165) is 37.7 Å². The van der Waals surface area contributed by atoms with E-state index >= 15 is 0 Å². The molecular weight excluding hydrogens is 526 g/mol. The summed E-state index contributed by atoms with van der Waals surface area (Å²) in [5, 5.41) is 23.5. The van der Waals surface area contributed by atoms with E-state index in [-0.39, 0.29) is 41.1 Å². The summed E-state index contributed by atoms with van der Waals surface area (Å²) in [7, 11) is 0. The molecule has 2 aliphatic heterocycles. The molecule has 1 spiro atoms. The van der Waals surface area contributed by atoms with Crippen molar-refractivity contribution in [2.24, 2.45) is 5.92 Å². The third kappa shape index (κ3) is 4.07. The number of amides is 1. The van der Waals surface area contributed by atoms with E-state index in [1.807, 2.05) is 6.07 Å². The monoisotopic (exact) mass is 567 g/mol. The normalized spacial score (nSPS) is 29.2. The number of nitrogens with one attached hydrogen (secondary N) is 2. The number of aliphatic hydroxyl groups excluding tert-OH is 1. The minimum Gasteiger partial charge on any atom is -0.493 e. The number of fused-ring (bicyclic) bond motifs is 4. The molecule has 220 valence electrons. The molecule has 0 radical (unpaired) electrons. The molecule has 3 N–H and O–H groups in total. The third-order valence-corrected chi connectivity index (χ3v) is 10.8. The van der Waals surface area contributed by atoms with Crippen molar-refractivity contribution in [2.45, 2.75) is 102 Å². The van der Waals surface area contributed by atoms with Crippen LogP contribution >= 0.6 is 0 Å². The van der Waals surface area contributed by atoms with Crippen molar-refractivity contribution in [1.82, 2.24) is 10.2 Å². The average Bonchev–Trinajstić information content (AvgIpc) is 3.86. The van der Waals surface area contributed by atoms with Crippen LogP contribution in [0.2, 0.25) is 0 Å². The zero-order valence-corrected chi connectivity index (χ0v) is 25.0. The zero-order valence-electron chi connectivity index (χ0n) is 25.0. The molecule has 2 aromatic rings. The molecule has 1 saturated carbocycles. The van der Waals surface area contributed by atoms with Crippen LogP contribution in [0.25, 0.3) is 5.57 Å². The highest BCUT2D eigenvalue weighted by atomic mass is 16.5. The minimum absolute atomic E-state index is 0.0174. The molecule has 7 nitrogen and oxygen atoms in total. The first-order valence-corrected chi connectivity index (χ1v) is 15.6. The van der Waals surface area contributed by atoms with E-state index in [2.05, 4.69) is 44.3 Å². The predicted molar refractivity (Wildman–Crippen MR) is 162 cm³/mol. The number of ketones is 1. The van der Waals surface area contributed by atoms with Gasteiger partial charge in [-0.2, -0.15) is 0 Å². The number of hydrogen-bond donors (Lipinski definition) is 3. The van der Waals surface area contributed by atoms with Gasteiger partial charge in [0.25, 0.3) is 0 Å². The van der Waals surface area contributed by atoms with Crippen LogP contribution < -0.4 is 10.1 Å². The summed E-state index contributed by atoms with van der Waals surface area (Å²) >= 11 is 0. The van der Waals surface area contributed by atoms with Crippen molar-refractivity contribution in [3.63, 3.8) is 0 Å². The Balaban J connectivity index is 1.06. The fourth-order valence-corrected chi connectivity index (χ4v) is 8.11. The van der Waals surface area contributed by atoms with Crippen molar-refractivity contribution in [1.29, 1.82) is 5.41 Å². The topological polar surface area (TPSA) is 103 Å². The number of allylic oxidation sites excluding steroid dienone is 1. The number of Topliss-reactive ketones (excluding diaryl/α,β-unsaturated/α-hetero) is 1. The number of hydrogen-bond acceptors (Lipinski definition) is 5. The van der Waals surface area contributed by atoms with Gasteiger partial charge in [-0.25, -0.2) is 0 Å². The van der Waals surface area contributed by atoms with E-state index in [4.69, 9.17) is 10.1 Å². The van der Waals surface area contributed by atoms with E-state index in [0.29, 0.717) is 36.7 Å². The molecule has 2 aromatic carbocycles. The van der Waals surface area contributed by atoms with Gasteiger partial charge in [0, 0.05) is 34.4 Å². The predicted octanol–water partition coefficient (Wildman–Crippen LogP) is 5.99. The largest absolute Gasteiger partial charge is 0.493 e. The van der Waals surface area contributed by atoms with Crippen LogP contribution in [-0.2, 0) is 10.2 Å². The number of guanidine groups is 1. The van der Waals surface area contributed by atoms with Crippen LogP contribution in [0.1, 0.15) is 123 Å². The SMILES string of the molecule is CC[C@@]1(CC/C=C2\c3cc4c(cc32)C2(CC2)C(O)C4C(C)C)CC(=O)N([C@@H]2CCOc3ccc(C(C)=O)cc32)C(=N)N1. The number of rotatable bonds is 7. The number of carbonyl (C=O) groups is 2. The number of nitrogens with zero attached hydrogens (tertiary/aromatic N) is 1. The summed E-state index contributed by atoms with van der Waals surface area (Å²) in [6, 6.07) is 9.73. The second-order valence-corrected chi connectivity index (χ2v) is 13.5. The fourth-order valence-electron chi connectivity index (χ4n) is 8.11. The van der Waals surface area contributed by atoms with Crippen molar-refractivity contribution in [2.75, 3.05) is 6.61 Å². The molecule has 7 heteroatoms. The highest BCUT2D eigenvalue weighted by Gasteiger charge is 2.60. The van der Waals surface area contributed by atoms with Gasteiger partial charge in [0.2, 0.25) is 5.91 Å². The molecule has 1 saturated heterocycles. The quantitative estimate of drug-likeness (QED) is 0.305. The smallest absolute Gasteiger partial charge is 0.232 e. The first-order chi connectivity index (χ1) is 20.1. The van der Waals surface area contributed by atoms with E-state index in [1.54, 1.807) is 17.0 Å². The standard InChI is InChI=1S/C35H41N3O4/c1-5-34(11-6-7-22-23-16-25-27(17-24(22)23)35(12-13-35)32(41)31(25)19(2)3)18-30(40)38(33(36)37-34)28-10-14-42-29-9-8-21(20(4)39)15-26(28)29/h7-9,15-17,19,28,31-32,41H,5-6,10-14,18H2,1-4H3,(H2,36,37)/b22-7+/t28-,31?,32?,34-/m1/s1. The summed E-state index contributed by atoms with van der Waals surface area (Å²) in [6.45, 7) is 8.51. The highest BCUT2D eigenvalue weighted by molar-refractivity contribution is 6.02. The van der Waals surface area contributed by atoms with Gasteiger partial charge in [-0.05, 0) is 103 Å². The average molecular weight is 568 g/mol. The number of aliphatic hydroxyl groups is 1. The number of carbonyl (C=O) groups excluding carboxylic acids is 2. The lowest BCUT2D eigenvalue weighted by atomic mass is 9.83. The Morgan fingerprint density at radius 3 is 2.64 bits per heavy atom. The number of benzene rings is 2. The van der Waals surface area contributed by atoms with Gasteiger partial charge < -0.3 is 15.2 Å². The Morgan fingerprint density at radius 2 is 1.98 bits per heavy atom. The maximum absolute atomic E-state index is 13.7. The van der Waals surface area contributed by atoms with Crippen molar-refractivity contribution in [3.05, 3.63) is 69.8 Å². The van der Waals surface area contributed by atoms with E-state index < -0.39 is 5.54 Å². The van der Waals surface area contributed by atoms with Crippen LogP contribution in [0.3, 0.4) is 0 Å². The summed E-state index contributed by atoms with van der Waals surface area (Å²) < 4.78 is 5.82. The molecule has 42 heavy (non-hydrogen) atoms. The van der Waals surface area contributed by atoms with Gasteiger partial charge in [-0.15, -0.1) is 0 Å². The molecular formula is C35H41N3O4. The Kier molecular flexibility index (Phi) is 6.21. The zero-order chi connectivity index (χ0) is 29.6. The second-order valence-electron chi connectivity index (χ2n) is 13.5. The summed E-state index contributed by atoms with van der Waals surface area (Å²) in [5.41, 5.74) is 7.55. The fraction of sp³-hybridized carbons (Fsp3) is 0.514. The molecule has 5 aliphatic rings. The van der Waals surface area contributed by atoms with E-state index in [9.17, 15) is 14.7 Å². The maximum atomic E-state index is 13.7. The second kappa shape index (κ2) is 9.53. The molecule has 3 aliphatic carbocycles. The van der Waals surface area contributed by atoms with Crippen LogP contribution in [0, 0.1) is 11.3 Å². The molecule has 2 unspecified atom stereocenters. The van der Waals surface area contributed by atoms with Crippen molar-refractivity contribution >= 4 is 23.2 Å². The molecule has 0 bridgehead atoms. The van der Waals surface area contributed by atoms with E-state index in [1.165, 1.54) is 34.8 Å². The van der Waals surface area contributed by atoms with Crippen molar-refractivity contribution < 1.29 is 19.4 Å². The van der Waals surface area contributed by atoms with Crippen molar-refractivity contribution in [3.8, 4) is 5.75 Å². The van der Waals surface area contributed by atoms with Gasteiger partial charge in [-0.3, -0.25) is 19.9 Å². The minimum atomic E-state index is -0.468. The lowest BCUT2D eigenvalue weighted by molar-refractivity contribution is -0.133. The maximum Gasteiger partial charge on any atom is 0.232 e. The summed E-state index contributed by atoms with van der Waals surface area (Å²) in [5.74, 6) is 1.33. The Bertz CT molecular complexity index is 1530. The molecule has 0 aromatic heterocycles. The van der Waals surface area contributed by atoms with Gasteiger partial charge in [0.05, 0.1) is 25.2 Å². The van der Waals surface area contributed by atoms with Gasteiger partial charge in [-0.1, -0.05) is 26.8 Å². The van der Waals surface area contributed by atoms with Crippen LogP contribution in [-0.4, -0.2) is 45.9 Å². The van der Waals surface area contributed by atoms with Gasteiger partial charge in [0.15, 0.2) is 11.7 Å². The highest BCUT2D eigenvalue weighted by Crippen LogP contribution is 2.64. The third-order valence-electron chi connectivity index (χ3n) is 10.8. The molecule has 2 fully saturated rings. The first-order valence-electron chi connectivity index (χ1n) is 15.6. The van der Waals surface area contributed by atoms with Gasteiger partial charge >= 0.3 is 0 Å². The summed E-state index contributed by atoms with van der Waals surface area (Å²) in [4.78, 5) is 27.3. The first kappa shape index (κ1) is 27.4.